The van der Waals surface area contributed by atoms with Gasteiger partial charge in [-0.1, -0.05) is 52.7 Å². The van der Waals surface area contributed by atoms with Gasteiger partial charge in [0.1, 0.15) is 11.5 Å². The average molecular weight is 451 g/mol. The van der Waals surface area contributed by atoms with Crippen molar-refractivity contribution < 1.29 is 10.2 Å². The van der Waals surface area contributed by atoms with Gasteiger partial charge in [-0.2, -0.15) is 0 Å². The molecule has 0 amide bonds. The second-order valence-corrected chi connectivity index (χ2v) is 8.72. The summed E-state index contributed by atoms with van der Waals surface area (Å²) in [5.74, 6) is 0.703. The molecule has 0 aliphatic carbocycles. The summed E-state index contributed by atoms with van der Waals surface area (Å²) in [5.41, 5.74) is 6.13. The van der Waals surface area contributed by atoms with Gasteiger partial charge in [-0.15, -0.1) is 0 Å². The summed E-state index contributed by atoms with van der Waals surface area (Å²) >= 11 is 0. The topological polar surface area (TPSA) is 65.2 Å². The van der Waals surface area contributed by atoms with E-state index in [0.717, 1.165) is 80.0 Å². The van der Waals surface area contributed by atoms with E-state index >= 15 is 0 Å². The lowest BCUT2D eigenvalue weighted by molar-refractivity contribution is 0.467. The Labute approximate surface area is 200 Å². The highest BCUT2D eigenvalue weighted by molar-refractivity contribution is 5.85. The number of nitrogens with zero attached hydrogens (tertiary/aromatic N) is 2. The molecule has 0 saturated heterocycles. The van der Waals surface area contributed by atoms with Crippen LogP contribution in [0.25, 0.3) is 0 Å². The van der Waals surface area contributed by atoms with Crippen LogP contribution in [0, 0.1) is 0 Å². The molecular formula is C29H42N2O2. The zero-order valence-corrected chi connectivity index (χ0v) is 21.0. The fraction of sp³-hybridized carbons (Fsp3) is 0.517. The van der Waals surface area contributed by atoms with Gasteiger partial charge in [0, 0.05) is 36.6 Å². The smallest absolute Gasteiger partial charge is 0.127 e. The van der Waals surface area contributed by atoms with Gasteiger partial charge in [-0.3, -0.25) is 9.98 Å². The predicted molar refractivity (Wildman–Crippen MR) is 142 cm³/mol. The molecule has 0 radical (unpaired) electrons. The van der Waals surface area contributed by atoms with Crippen molar-refractivity contribution in [3.8, 4) is 11.5 Å². The van der Waals surface area contributed by atoms with Crippen molar-refractivity contribution in [3.05, 3.63) is 57.6 Å². The Bertz CT molecular complexity index is 856. The molecule has 180 valence electrons. The summed E-state index contributed by atoms with van der Waals surface area (Å²) in [6, 6.07) is 8.36. The zero-order chi connectivity index (χ0) is 24.1. The first-order valence-corrected chi connectivity index (χ1v) is 12.7. The standard InChI is InChI=1S/C29H42N2O2/c1-5-9-12-22-16-24(7-3)28(32)26(18-22)20-30-14-11-15-31-21-27-19-23(13-10-6-2)17-25(8-4)29(27)33/h16-21,32-33H,5-15H2,1-4H3. The van der Waals surface area contributed by atoms with Crippen LogP contribution in [0.1, 0.15) is 93.2 Å². The monoisotopic (exact) mass is 450 g/mol. The molecule has 33 heavy (non-hydrogen) atoms. The third-order valence-corrected chi connectivity index (χ3v) is 5.99. The molecule has 2 aromatic rings. The van der Waals surface area contributed by atoms with E-state index in [2.05, 4.69) is 61.9 Å². The highest BCUT2D eigenvalue weighted by atomic mass is 16.3. The molecule has 4 heteroatoms. The number of rotatable bonds is 14. The summed E-state index contributed by atoms with van der Waals surface area (Å²) in [5, 5.41) is 21.0. The lowest BCUT2D eigenvalue weighted by Crippen LogP contribution is -1.96. The molecule has 0 aliphatic rings. The SMILES string of the molecule is CCCCc1cc(C=NCCCN=Cc2cc(CCCC)cc(CC)c2O)c(O)c(CC)c1. The summed E-state index contributed by atoms with van der Waals surface area (Å²) in [6.07, 6.45) is 12.7. The number of hydrogen-bond acceptors (Lipinski definition) is 4. The fourth-order valence-electron chi connectivity index (χ4n) is 3.94. The van der Waals surface area contributed by atoms with Crippen LogP contribution in [0.5, 0.6) is 11.5 Å². The highest BCUT2D eigenvalue weighted by Gasteiger charge is 2.08. The Morgan fingerprint density at radius 1 is 0.636 bits per heavy atom. The van der Waals surface area contributed by atoms with Gasteiger partial charge in [-0.25, -0.2) is 0 Å². The Morgan fingerprint density at radius 2 is 1.06 bits per heavy atom. The molecule has 0 aliphatic heterocycles. The molecule has 0 bridgehead atoms. The van der Waals surface area contributed by atoms with Gasteiger partial charge in [0.05, 0.1) is 0 Å². The van der Waals surface area contributed by atoms with Crippen LogP contribution in [-0.2, 0) is 25.7 Å². The number of phenols is 2. The van der Waals surface area contributed by atoms with Gasteiger partial charge in [0.2, 0.25) is 0 Å². The number of phenolic OH excluding ortho intramolecular Hbond substituents is 2. The van der Waals surface area contributed by atoms with E-state index in [1.54, 1.807) is 12.4 Å². The van der Waals surface area contributed by atoms with Gasteiger partial charge >= 0.3 is 0 Å². The van der Waals surface area contributed by atoms with Crippen LogP contribution in [0.15, 0.2) is 34.3 Å². The number of benzene rings is 2. The maximum Gasteiger partial charge on any atom is 0.127 e. The molecule has 0 atom stereocenters. The van der Waals surface area contributed by atoms with Crippen LogP contribution in [0.2, 0.25) is 0 Å². The maximum atomic E-state index is 10.5. The third-order valence-electron chi connectivity index (χ3n) is 5.99. The quantitative estimate of drug-likeness (QED) is 0.244. The molecule has 0 saturated carbocycles. The van der Waals surface area contributed by atoms with Crippen LogP contribution < -0.4 is 0 Å². The Morgan fingerprint density at radius 3 is 1.42 bits per heavy atom. The molecule has 4 nitrogen and oxygen atoms in total. The van der Waals surface area contributed by atoms with Gasteiger partial charge in [0.25, 0.3) is 0 Å². The first-order chi connectivity index (χ1) is 16.0. The predicted octanol–water partition coefficient (Wildman–Crippen LogP) is 6.84. The van der Waals surface area contributed by atoms with Crippen molar-refractivity contribution in [2.75, 3.05) is 13.1 Å². The van der Waals surface area contributed by atoms with E-state index in [1.807, 2.05) is 0 Å². The Balaban J connectivity index is 1.95. The first kappa shape index (κ1) is 26.6. The van der Waals surface area contributed by atoms with Crippen LogP contribution >= 0.6 is 0 Å². The van der Waals surface area contributed by atoms with Crippen molar-refractivity contribution in [1.82, 2.24) is 0 Å². The van der Waals surface area contributed by atoms with E-state index in [-0.39, 0.29) is 0 Å². The minimum Gasteiger partial charge on any atom is -0.507 e. The van der Waals surface area contributed by atoms with Crippen molar-refractivity contribution in [1.29, 1.82) is 0 Å². The minimum absolute atomic E-state index is 0.352. The van der Waals surface area contributed by atoms with E-state index < -0.39 is 0 Å². The number of unbranched alkanes of at least 4 members (excludes halogenated alkanes) is 2. The largest absolute Gasteiger partial charge is 0.507 e. The van der Waals surface area contributed by atoms with Crippen molar-refractivity contribution >= 4 is 12.4 Å². The van der Waals surface area contributed by atoms with E-state index in [1.165, 1.54) is 11.1 Å². The number of aromatic hydroxyl groups is 2. The summed E-state index contributed by atoms with van der Waals surface area (Å²) in [7, 11) is 0. The molecule has 0 fully saturated rings. The van der Waals surface area contributed by atoms with Gasteiger partial charge in [0.15, 0.2) is 0 Å². The summed E-state index contributed by atoms with van der Waals surface area (Å²) in [6.45, 7) is 9.83. The van der Waals surface area contributed by atoms with Crippen LogP contribution in [0.4, 0.5) is 0 Å². The van der Waals surface area contributed by atoms with Gasteiger partial charge in [-0.05, 0) is 79.3 Å². The number of aryl methyl sites for hydroxylation is 4. The first-order valence-electron chi connectivity index (χ1n) is 12.7. The van der Waals surface area contributed by atoms with E-state index in [0.29, 0.717) is 24.6 Å². The van der Waals surface area contributed by atoms with Crippen LogP contribution in [-0.4, -0.2) is 35.7 Å². The second kappa shape index (κ2) is 14.5. The molecule has 0 aromatic heterocycles. The zero-order valence-electron chi connectivity index (χ0n) is 21.0. The number of aliphatic imine (C=N–C) groups is 2. The van der Waals surface area contributed by atoms with Crippen molar-refractivity contribution in [2.24, 2.45) is 9.98 Å². The van der Waals surface area contributed by atoms with E-state index in [4.69, 9.17) is 0 Å². The Hall–Kier alpha value is -2.62. The Kier molecular flexibility index (Phi) is 11.7. The fourth-order valence-corrected chi connectivity index (χ4v) is 3.94. The van der Waals surface area contributed by atoms with E-state index in [9.17, 15) is 10.2 Å². The maximum absolute atomic E-state index is 10.5. The second-order valence-electron chi connectivity index (χ2n) is 8.72. The highest BCUT2D eigenvalue weighted by Crippen LogP contribution is 2.26. The van der Waals surface area contributed by atoms with Crippen LogP contribution in [0.3, 0.4) is 0 Å². The molecule has 2 aromatic carbocycles. The molecule has 0 heterocycles. The number of hydrogen-bond donors (Lipinski definition) is 2. The van der Waals surface area contributed by atoms with Crippen molar-refractivity contribution in [2.45, 2.75) is 85.5 Å². The normalized spacial score (nSPS) is 11.8. The summed E-state index contributed by atoms with van der Waals surface area (Å²) in [4.78, 5) is 9.06. The molecule has 0 spiro atoms. The molecule has 2 N–H and O–H groups in total. The average Bonchev–Trinajstić information content (AvgIpc) is 2.83. The van der Waals surface area contributed by atoms with Crippen molar-refractivity contribution in [3.63, 3.8) is 0 Å². The lowest BCUT2D eigenvalue weighted by Gasteiger charge is -2.10. The minimum atomic E-state index is 0.352. The van der Waals surface area contributed by atoms with Gasteiger partial charge < -0.3 is 10.2 Å². The third kappa shape index (κ3) is 8.34. The molecule has 0 unspecified atom stereocenters. The summed E-state index contributed by atoms with van der Waals surface area (Å²) < 4.78 is 0. The lowest BCUT2D eigenvalue weighted by atomic mass is 9.99. The molecular weight excluding hydrogens is 408 g/mol. The molecule has 2 rings (SSSR count).